The highest BCUT2D eigenvalue weighted by atomic mass is 19.3. The predicted molar refractivity (Wildman–Crippen MR) is 91.8 cm³/mol. The molecule has 4 nitrogen and oxygen atoms in total. The van der Waals surface area contributed by atoms with E-state index in [1.807, 2.05) is 0 Å². The van der Waals surface area contributed by atoms with Gasteiger partial charge >= 0.3 is 0 Å². The number of carbonyl (C=O) groups excluding carboxylic acids is 1. The Labute approximate surface area is 156 Å². The first kappa shape index (κ1) is 19.5. The second-order valence-corrected chi connectivity index (χ2v) is 6.07. The van der Waals surface area contributed by atoms with Crippen LogP contribution in [-0.4, -0.2) is 15.7 Å². The Morgan fingerprint density at radius 3 is 2.25 bits per heavy atom. The first-order chi connectivity index (χ1) is 13.2. The average molecular weight is 395 g/mol. The topological polar surface area (TPSA) is 60.9 Å². The van der Waals surface area contributed by atoms with Crippen molar-refractivity contribution in [2.75, 3.05) is 0 Å². The van der Waals surface area contributed by atoms with Crippen LogP contribution >= 0.6 is 0 Å². The molecule has 0 radical (unpaired) electrons. The normalized spacial score (nSPS) is 11.2. The van der Waals surface area contributed by atoms with Gasteiger partial charge in [-0.05, 0) is 11.6 Å². The second kappa shape index (κ2) is 7.41. The number of halogens is 5. The van der Waals surface area contributed by atoms with Gasteiger partial charge in [0.25, 0.3) is 6.43 Å². The van der Waals surface area contributed by atoms with Crippen LogP contribution in [0.2, 0.25) is 0 Å². The molecule has 9 heteroatoms. The van der Waals surface area contributed by atoms with Gasteiger partial charge in [-0.1, -0.05) is 24.3 Å². The summed E-state index contributed by atoms with van der Waals surface area (Å²) in [6.07, 6.45) is -3.49. The Bertz CT molecular complexity index is 1060. The van der Waals surface area contributed by atoms with E-state index in [9.17, 15) is 26.7 Å². The van der Waals surface area contributed by atoms with Crippen molar-refractivity contribution in [3.8, 4) is 22.4 Å². The number of hydrogen-bond acceptors (Lipinski definition) is 2. The number of amides is 1. The molecule has 0 saturated carbocycles. The van der Waals surface area contributed by atoms with Gasteiger partial charge in [0.2, 0.25) is 5.91 Å². The zero-order chi connectivity index (χ0) is 20.6. The molecule has 0 aliphatic rings. The van der Waals surface area contributed by atoms with Gasteiger partial charge in [-0.2, -0.15) is 5.10 Å². The van der Waals surface area contributed by atoms with Crippen LogP contribution in [0.5, 0.6) is 0 Å². The number of nitrogens with zero attached hydrogens (tertiary/aromatic N) is 2. The van der Waals surface area contributed by atoms with E-state index in [0.717, 1.165) is 4.68 Å². The number of rotatable bonds is 5. The number of aromatic nitrogens is 2. The maximum Gasteiger partial charge on any atom is 0.282 e. The zero-order valence-electron chi connectivity index (χ0n) is 14.5. The second-order valence-electron chi connectivity index (χ2n) is 6.07. The van der Waals surface area contributed by atoms with Crippen molar-refractivity contribution in [1.29, 1.82) is 0 Å². The highest BCUT2D eigenvalue weighted by molar-refractivity contribution is 5.86. The molecule has 146 valence electrons. The van der Waals surface area contributed by atoms with Crippen LogP contribution < -0.4 is 5.73 Å². The molecule has 0 fully saturated rings. The fourth-order valence-corrected chi connectivity index (χ4v) is 3.10. The summed E-state index contributed by atoms with van der Waals surface area (Å²) < 4.78 is 69.2. The van der Waals surface area contributed by atoms with E-state index in [-0.39, 0.29) is 27.9 Å². The Kier molecular flexibility index (Phi) is 5.17. The smallest absolute Gasteiger partial charge is 0.282 e. The lowest BCUT2D eigenvalue weighted by atomic mass is 9.93. The lowest BCUT2D eigenvalue weighted by molar-refractivity contribution is -0.117. The first-order valence-electron chi connectivity index (χ1n) is 8.07. The fourth-order valence-electron chi connectivity index (χ4n) is 3.10. The third kappa shape index (κ3) is 3.47. The van der Waals surface area contributed by atoms with Gasteiger partial charge in [0.1, 0.15) is 11.5 Å². The molecule has 0 spiro atoms. The standard InChI is InChI=1S/C19H14F5N3O/c1-27-18(12(7-16(25)28)17(26-27)19(23)24)10-5-3-2-4-9(10)11-6-14(21)15(22)8-13(11)20/h2-6,8,19H,7H2,1H3,(H2,25,28). The summed E-state index contributed by atoms with van der Waals surface area (Å²) in [4.78, 5) is 11.4. The largest absolute Gasteiger partial charge is 0.369 e. The van der Waals surface area contributed by atoms with E-state index in [1.54, 1.807) is 6.07 Å². The van der Waals surface area contributed by atoms with Crippen molar-refractivity contribution in [3.63, 3.8) is 0 Å². The summed E-state index contributed by atoms with van der Waals surface area (Å²) in [5.41, 5.74) is 4.62. The Morgan fingerprint density at radius 1 is 1.04 bits per heavy atom. The zero-order valence-corrected chi connectivity index (χ0v) is 14.5. The quantitative estimate of drug-likeness (QED) is 0.522. The van der Waals surface area contributed by atoms with Crippen LogP contribution in [0.3, 0.4) is 0 Å². The van der Waals surface area contributed by atoms with Crippen molar-refractivity contribution < 1.29 is 26.7 Å². The third-order valence-electron chi connectivity index (χ3n) is 4.22. The van der Waals surface area contributed by atoms with E-state index in [4.69, 9.17) is 5.73 Å². The molecule has 1 heterocycles. The molecular weight excluding hydrogens is 381 g/mol. The minimum atomic E-state index is -2.97. The molecule has 1 amide bonds. The molecule has 2 N–H and O–H groups in total. The predicted octanol–water partition coefficient (Wildman–Crippen LogP) is 4.14. The van der Waals surface area contributed by atoms with E-state index in [0.29, 0.717) is 12.1 Å². The van der Waals surface area contributed by atoms with E-state index in [2.05, 4.69) is 5.10 Å². The van der Waals surface area contributed by atoms with Gasteiger partial charge in [-0.15, -0.1) is 0 Å². The van der Waals surface area contributed by atoms with Crippen LogP contribution in [-0.2, 0) is 18.3 Å². The summed E-state index contributed by atoms with van der Waals surface area (Å²) >= 11 is 0. The molecule has 1 aromatic heterocycles. The summed E-state index contributed by atoms with van der Waals surface area (Å²) in [5, 5.41) is 3.76. The summed E-state index contributed by atoms with van der Waals surface area (Å²) in [5.74, 6) is -4.50. The summed E-state index contributed by atoms with van der Waals surface area (Å²) in [6, 6.07) is 7.07. The maximum atomic E-state index is 14.3. The number of hydrogen-bond donors (Lipinski definition) is 1. The number of carbonyl (C=O) groups is 1. The van der Waals surface area contributed by atoms with Crippen LogP contribution in [0.15, 0.2) is 36.4 Å². The van der Waals surface area contributed by atoms with Gasteiger partial charge in [0.05, 0.1) is 12.1 Å². The van der Waals surface area contributed by atoms with Gasteiger partial charge in [0.15, 0.2) is 11.6 Å². The molecule has 0 atom stereocenters. The minimum absolute atomic E-state index is 0.105. The van der Waals surface area contributed by atoms with Crippen LogP contribution in [0.1, 0.15) is 17.7 Å². The molecule has 0 unspecified atom stereocenters. The van der Waals surface area contributed by atoms with Gasteiger partial charge in [0, 0.05) is 29.8 Å². The fraction of sp³-hybridized carbons (Fsp3) is 0.158. The maximum absolute atomic E-state index is 14.3. The molecule has 28 heavy (non-hydrogen) atoms. The number of primary amides is 1. The monoisotopic (exact) mass is 395 g/mol. The first-order valence-corrected chi connectivity index (χ1v) is 8.07. The summed E-state index contributed by atoms with van der Waals surface area (Å²) in [7, 11) is 1.38. The van der Waals surface area contributed by atoms with E-state index in [1.165, 1.54) is 25.2 Å². The van der Waals surface area contributed by atoms with Crippen molar-refractivity contribution in [2.24, 2.45) is 12.8 Å². The number of benzene rings is 2. The average Bonchev–Trinajstić information content (AvgIpc) is 2.94. The van der Waals surface area contributed by atoms with Crippen molar-refractivity contribution in [2.45, 2.75) is 12.8 Å². The lowest BCUT2D eigenvalue weighted by Crippen LogP contribution is -2.15. The molecule has 2 aromatic carbocycles. The Morgan fingerprint density at radius 2 is 1.64 bits per heavy atom. The third-order valence-corrected chi connectivity index (χ3v) is 4.22. The van der Waals surface area contributed by atoms with E-state index < -0.39 is 41.9 Å². The van der Waals surface area contributed by atoms with E-state index >= 15 is 0 Å². The molecule has 3 rings (SSSR count). The highest BCUT2D eigenvalue weighted by Crippen LogP contribution is 2.38. The van der Waals surface area contributed by atoms with Gasteiger partial charge < -0.3 is 5.73 Å². The van der Waals surface area contributed by atoms with Crippen LogP contribution in [0.4, 0.5) is 22.0 Å². The minimum Gasteiger partial charge on any atom is -0.369 e. The molecular formula is C19H14F5N3O. The highest BCUT2D eigenvalue weighted by Gasteiger charge is 2.27. The number of alkyl halides is 2. The number of aryl methyl sites for hydroxylation is 1. The number of nitrogens with two attached hydrogens (primary N) is 1. The summed E-state index contributed by atoms with van der Waals surface area (Å²) in [6.45, 7) is 0. The SMILES string of the molecule is Cn1nc(C(F)F)c(CC(N)=O)c1-c1ccccc1-c1cc(F)c(F)cc1F. The van der Waals surface area contributed by atoms with Crippen molar-refractivity contribution in [1.82, 2.24) is 9.78 Å². The van der Waals surface area contributed by atoms with Gasteiger partial charge in [-0.25, -0.2) is 22.0 Å². The van der Waals surface area contributed by atoms with Gasteiger partial charge in [-0.3, -0.25) is 9.48 Å². The molecule has 0 aliphatic heterocycles. The van der Waals surface area contributed by atoms with Crippen LogP contribution in [0.25, 0.3) is 22.4 Å². The van der Waals surface area contributed by atoms with Crippen LogP contribution in [0, 0.1) is 17.5 Å². The van der Waals surface area contributed by atoms with Crippen molar-refractivity contribution in [3.05, 3.63) is 65.1 Å². The van der Waals surface area contributed by atoms with Crippen molar-refractivity contribution >= 4 is 5.91 Å². The Hall–Kier alpha value is -3.23. The molecule has 0 saturated heterocycles. The Balaban J connectivity index is 2.31. The molecule has 3 aromatic rings. The molecule has 0 aliphatic carbocycles. The lowest BCUT2D eigenvalue weighted by Gasteiger charge is -2.13. The molecule has 0 bridgehead atoms.